The fourth-order valence-electron chi connectivity index (χ4n) is 3.32. The first-order valence-electron chi connectivity index (χ1n) is 8.72. The summed E-state index contributed by atoms with van der Waals surface area (Å²) in [5.41, 5.74) is 1.24. The van der Waals surface area contributed by atoms with Crippen molar-refractivity contribution in [3.63, 3.8) is 0 Å². The molecule has 0 bridgehead atoms. The number of benzene rings is 1. The van der Waals surface area contributed by atoms with Gasteiger partial charge in [0.15, 0.2) is 16.6 Å². The monoisotopic (exact) mass is 374 g/mol. The van der Waals surface area contributed by atoms with Gasteiger partial charge < -0.3 is 19.7 Å². The number of hydrogen-bond donors (Lipinski definition) is 1. The van der Waals surface area contributed by atoms with Crippen molar-refractivity contribution in [3.05, 3.63) is 34.8 Å². The van der Waals surface area contributed by atoms with Gasteiger partial charge in [-0.05, 0) is 24.6 Å². The van der Waals surface area contributed by atoms with Crippen molar-refractivity contribution in [3.8, 4) is 11.5 Å². The normalized spacial score (nSPS) is 18.0. The zero-order valence-electron chi connectivity index (χ0n) is 14.9. The molecule has 0 spiro atoms. The van der Waals surface area contributed by atoms with Gasteiger partial charge in [0.2, 0.25) is 6.79 Å². The number of rotatable bonds is 4. The Hall–Kier alpha value is -2.32. The largest absolute Gasteiger partial charge is 0.454 e. The van der Waals surface area contributed by atoms with Gasteiger partial charge in [-0.2, -0.15) is 0 Å². The van der Waals surface area contributed by atoms with Crippen LogP contribution in [0, 0.1) is 0 Å². The second kappa shape index (κ2) is 7.13. The summed E-state index contributed by atoms with van der Waals surface area (Å²) in [6, 6.07) is 6.49. The summed E-state index contributed by atoms with van der Waals surface area (Å²) in [5, 5.41) is 3.56. The number of hydrogen-bond acceptors (Lipinski definition) is 7. The Morgan fingerprint density at radius 2 is 2.00 bits per heavy atom. The molecule has 1 aromatic carbocycles. The van der Waals surface area contributed by atoms with E-state index in [0.29, 0.717) is 17.7 Å². The molecule has 3 heterocycles. The van der Waals surface area contributed by atoms with Gasteiger partial charge in [0.05, 0.1) is 6.20 Å². The van der Waals surface area contributed by atoms with Gasteiger partial charge in [0, 0.05) is 39.3 Å². The number of carbonyl (C=O) groups excluding carboxylic acids is 1. The molecule has 8 heteroatoms. The quantitative estimate of drug-likeness (QED) is 0.884. The SMILES string of the molecule is CNC(=O)c1cnc(N2CCN([C@@H](C)c3ccc4c(c3)OCO4)CC2)s1. The summed E-state index contributed by atoms with van der Waals surface area (Å²) in [7, 11) is 1.64. The lowest BCUT2D eigenvalue weighted by Gasteiger charge is -2.38. The Bertz CT molecular complexity index is 801. The molecule has 1 atom stereocenters. The smallest absolute Gasteiger partial charge is 0.262 e. The highest BCUT2D eigenvalue weighted by molar-refractivity contribution is 7.17. The lowest BCUT2D eigenvalue weighted by molar-refractivity contribution is 0.0967. The van der Waals surface area contributed by atoms with E-state index in [1.807, 2.05) is 6.07 Å². The van der Waals surface area contributed by atoms with Crippen molar-refractivity contribution in [1.82, 2.24) is 15.2 Å². The Morgan fingerprint density at radius 3 is 2.77 bits per heavy atom. The van der Waals surface area contributed by atoms with Gasteiger partial charge in [-0.1, -0.05) is 17.4 Å². The van der Waals surface area contributed by atoms with E-state index in [9.17, 15) is 4.79 Å². The van der Waals surface area contributed by atoms with Crippen LogP contribution in [0.2, 0.25) is 0 Å². The number of amides is 1. The molecule has 4 rings (SSSR count). The molecule has 0 unspecified atom stereocenters. The fourth-order valence-corrected chi connectivity index (χ4v) is 4.24. The van der Waals surface area contributed by atoms with Gasteiger partial charge in [0.25, 0.3) is 5.91 Å². The molecular formula is C18H22N4O3S. The molecule has 1 amide bonds. The molecule has 2 aliphatic rings. The lowest BCUT2D eigenvalue weighted by Crippen LogP contribution is -2.47. The summed E-state index contributed by atoms with van der Waals surface area (Å²) in [4.78, 5) is 21.5. The van der Waals surface area contributed by atoms with E-state index in [0.717, 1.165) is 42.8 Å². The van der Waals surface area contributed by atoms with Crippen molar-refractivity contribution in [2.75, 3.05) is 44.9 Å². The Kier molecular flexibility index (Phi) is 4.69. The average molecular weight is 374 g/mol. The average Bonchev–Trinajstić information content (AvgIpc) is 3.35. The van der Waals surface area contributed by atoms with Crippen LogP contribution in [-0.4, -0.2) is 55.8 Å². The number of aromatic nitrogens is 1. The van der Waals surface area contributed by atoms with Crippen LogP contribution in [-0.2, 0) is 0 Å². The summed E-state index contributed by atoms with van der Waals surface area (Å²) in [6.45, 7) is 6.22. The zero-order chi connectivity index (χ0) is 18.1. The van der Waals surface area contributed by atoms with Gasteiger partial charge in [-0.25, -0.2) is 4.98 Å². The number of piperazine rings is 1. The molecule has 2 aromatic rings. The summed E-state index contributed by atoms with van der Waals surface area (Å²) in [5.74, 6) is 1.57. The summed E-state index contributed by atoms with van der Waals surface area (Å²) < 4.78 is 10.9. The number of ether oxygens (including phenoxy) is 2. The van der Waals surface area contributed by atoms with Crippen molar-refractivity contribution in [2.45, 2.75) is 13.0 Å². The lowest BCUT2D eigenvalue weighted by atomic mass is 10.1. The molecule has 7 nitrogen and oxygen atoms in total. The highest BCUT2D eigenvalue weighted by atomic mass is 32.1. The molecule has 2 aliphatic heterocycles. The molecule has 0 saturated carbocycles. The van der Waals surface area contributed by atoms with Crippen LogP contribution >= 0.6 is 11.3 Å². The van der Waals surface area contributed by atoms with E-state index in [1.165, 1.54) is 16.9 Å². The van der Waals surface area contributed by atoms with E-state index in [4.69, 9.17) is 9.47 Å². The van der Waals surface area contributed by atoms with E-state index in [1.54, 1.807) is 13.2 Å². The van der Waals surface area contributed by atoms with Crippen LogP contribution in [0.4, 0.5) is 5.13 Å². The third-order valence-electron chi connectivity index (χ3n) is 4.96. The minimum atomic E-state index is -0.0798. The van der Waals surface area contributed by atoms with E-state index in [2.05, 4.69) is 39.2 Å². The van der Waals surface area contributed by atoms with Crippen molar-refractivity contribution in [1.29, 1.82) is 0 Å². The number of thiazole rings is 1. The van der Waals surface area contributed by atoms with Crippen LogP contribution < -0.4 is 19.7 Å². The number of nitrogens with one attached hydrogen (secondary N) is 1. The van der Waals surface area contributed by atoms with Gasteiger partial charge in [-0.15, -0.1) is 0 Å². The predicted octanol–water partition coefficient (Wildman–Crippen LogP) is 2.11. The summed E-state index contributed by atoms with van der Waals surface area (Å²) >= 11 is 1.45. The number of nitrogens with zero attached hydrogens (tertiary/aromatic N) is 3. The number of fused-ring (bicyclic) bond motifs is 1. The molecular weight excluding hydrogens is 352 g/mol. The van der Waals surface area contributed by atoms with Crippen molar-refractivity contribution in [2.24, 2.45) is 0 Å². The van der Waals surface area contributed by atoms with E-state index < -0.39 is 0 Å². The summed E-state index contributed by atoms with van der Waals surface area (Å²) in [6.07, 6.45) is 1.65. The van der Waals surface area contributed by atoms with Gasteiger partial charge >= 0.3 is 0 Å². The third kappa shape index (κ3) is 3.22. The minimum Gasteiger partial charge on any atom is -0.454 e. The van der Waals surface area contributed by atoms with Crippen LogP contribution in [0.5, 0.6) is 11.5 Å². The second-order valence-electron chi connectivity index (χ2n) is 6.40. The maximum atomic E-state index is 11.7. The van der Waals surface area contributed by atoms with Gasteiger partial charge in [0.1, 0.15) is 4.88 Å². The van der Waals surface area contributed by atoms with Crippen LogP contribution in [0.1, 0.15) is 28.2 Å². The number of carbonyl (C=O) groups is 1. The van der Waals surface area contributed by atoms with Crippen LogP contribution in [0.3, 0.4) is 0 Å². The zero-order valence-corrected chi connectivity index (χ0v) is 15.7. The maximum absolute atomic E-state index is 11.7. The van der Waals surface area contributed by atoms with E-state index in [-0.39, 0.29) is 5.91 Å². The highest BCUT2D eigenvalue weighted by Gasteiger charge is 2.25. The first kappa shape index (κ1) is 17.1. The Balaban J connectivity index is 1.38. The van der Waals surface area contributed by atoms with Crippen LogP contribution in [0.25, 0.3) is 0 Å². The molecule has 26 heavy (non-hydrogen) atoms. The topological polar surface area (TPSA) is 66.9 Å². The first-order valence-corrected chi connectivity index (χ1v) is 9.54. The highest BCUT2D eigenvalue weighted by Crippen LogP contribution is 2.35. The fraction of sp³-hybridized carbons (Fsp3) is 0.444. The van der Waals surface area contributed by atoms with Crippen molar-refractivity contribution < 1.29 is 14.3 Å². The van der Waals surface area contributed by atoms with E-state index >= 15 is 0 Å². The Morgan fingerprint density at radius 1 is 1.23 bits per heavy atom. The third-order valence-corrected chi connectivity index (χ3v) is 6.01. The standard InChI is InChI=1S/C18H22N4O3S/c1-12(13-3-4-14-15(9-13)25-11-24-14)21-5-7-22(8-6-21)18-20-10-16(26-18)17(23)19-2/h3-4,9-10,12H,5-8,11H2,1-2H3,(H,19,23)/t12-/m0/s1. The molecule has 0 aliphatic carbocycles. The number of anilines is 1. The second-order valence-corrected chi connectivity index (χ2v) is 7.41. The first-order chi connectivity index (χ1) is 12.7. The molecule has 1 aromatic heterocycles. The molecule has 138 valence electrons. The van der Waals surface area contributed by atoms with Crippen molar-refractivity contribution >= 4 is 22.4 Å². The maximum Gasteiger partial charge on any atom is 0.262 e. The Labute approximate surface area is 156 Å². The molecule has 1 N–H and O–H groups in total. The van der Waals surface area contributed by atoms with Crippen LogP contribution in [0.15, 0.2) is 24.4 Å². The van der Waals surface area contributed by atoms with Gasteiger partial charge in [-0.3, -0.25) is 9.69 Å². The molecule has 0 radical (unpaired) electrons. The minimum absolute atomic E-state index is 0.0798. The molecule has 1 saturated heterocycles. The molecule has 1 fully saturated rings. The predicted molar refractivity (Wildman–Crippen MR) is 100 cm³/mol.